The second-order valence-corrected chi connectivity index (χ2v) is 7.60. The summed E-state index contributed by atoms with van der Waals surface area (Å²) in [6.07, 6.45) is 4.79. The van der Waals surface area contributed by atoms with Crippen molar-refractivity contribution in [2.24, 2.45) is 0 Å². The molecule has 0 unspecified atom stereocenters. The maximum atomic E-state index is 12.9. The van der Waals surface area contributed by atoms with E-state index in [0.29, 0.717) is 10.9 Å². The van der Waals surface area contributed by atoms with Crippen molar-refractivity contribution < 1.29 is 8.42 Å². The minimum atomic E-state index is -3.94. The second-order valence-electron chi connectivity index (χ2n) is 5.95. The van der Waals surface area contributed by atoms with E-state index in [4.69, 9.17) is 0 Å². The number of aromatic nitrogens is 2. The Morgan fingerprint density at radius 3 is 2.44 bits per heavy atom. The van der Waals surface area contributed by atoms with Crippen LogP contribution in [0.25, 0.3) is 21.9 Å². The fourth-order valence-electron chi connectivity index (χ4n) is 2.90. The van der Waals surface area contributed by atoms with Crippen LogP contribution < -0.4 is 10.3 Å². The van der Waals surface area contributed by atoms with Crippen LogP contribution in [0.3, 0.4) is 0 Å². The maximum absolute atomic E-state index is 12.9. The number of nitrogens with one attached hydrogen (secondary N) is 2. The molecule has 0 fully saturated rings. The minimum absolute atomic E-state index is 0.0442. The minimum Gasteiger partial charge on any atom is -0.327 e. The van der Waals surface area contributed by atoms with E-state index >= 15 is 0 Å². The first-order valence-corrected chi connectivity index (χ1v) is 9.67. The highest BCUT2D eigenvalue weighted by atomic mass is 32.2. The monoisotopic (exact) mass is 377 g/mol. The van der Waals surface area contributed by atoms with Gasteiger partial charge in [0.05, 0.1) is 4.90 Å². The molecule has 0 atom stereocenters. The predicted molar refractivity (Wildman–Crippen MR) is 105 cm³/mol. The third-order valence-corrected chi connectivity index (χ3v) is 5.62. The SMILES string of the molecule is O=c1[nH]cc(-c2ccncc2)cc1NS(=O)(=O)c1cccc2ccccc12. The Morgan fingerprint density at radius 1 is 0.889 bits per heavy atom. The van der Waals surface area contributed by atoms with Gasteiger partial charge in [-0.05, 0) is 35.2 Å². The zero-order valence-corrected chi connectivity index (χ0v) is 14.9. The van der Waals surface area contributed by atoms with Crippen molar-refractivity contribution in [2.45, 2.75) is 4.90 Å². The lowest BCUT2D eigenvalue weighted by atomic mass is 10.1. The molecule has 0 saturated heterocycles. The van der Waals surface area contributed by atoms with E-state index in [-0.39, 0.29) is 10.6 Å². The molecule has 7 heteroatoms. The first kappa shape index (κ1) is 17.0. The number of fused-ring (bicyclic) bond motifs is 1. The lowest BCUT2D eigenvalue weighted by Gasteiger charge is -2.11. The van der Waals surface area contributed by atoms with Gasteiger partial charge in [0.2, 0.25) is 0 Å². The summed E-state index contributed by atoms with van der Waals surface area (Å²) >= 11 is 0. The number of hydrogen-bond acceptors (Lipinski definition) is 4. The van der Waals surface area contributed by atoms with E-state index in [1.807, 2.05) is 18.2 Å². The van der Waals surface area contributed by atoms with Crippen LogP contribution in [-0.4, -0.2) is 18.4 Å². The quantitative estimate of drug-likeness (QED) is 0.570. The lowest BCUT2D eigenvalue weighted by Crippen LogP contribution is -2.20. The molecule has 4 aromatic rings. The van der Waals surface area contributed by atoms with Gasteiger partial charge in [-0.25, -0.2) is 8.42 Å². The lowest BCUT2D eigenvalue weighted by molar-refractivity contribution is 0.602. The zero-order chi connectivity index (χ0) is 18.9. The largest absolute Gasteiger partial charge is 0.327 e. The van der Waals surface area contributed by atoms with Gasteiger partial charge in [0.15, 0.2) is 0 Å². The van der Waals surface area contributed by atoms with Crippen molar-refractivity contribution in [1.82, 2.24) is 9.97 Å². The average molecular weight is 377 g/mol. The fourth-order valence-corrected chi connectivity index (χ4v) is 4.18. The highest BCUT2D eigenvalue weighted by Crippen LogP contribution is 2.25. The second kappa shape index (κ2) is 6.69. The first-order chi connectivity index (χ1) is 13.0. The van der Waals surface area contributed by atoms with E-state index in [2.05, 4.69) is 14.7 Å². The molecule has 0 bridgehead atoms. The van der Waals surface area contributed by atoms with E-state index in [9.17, 15) is 13.2 Å². The summed E-state index contributed by atoms with van der Waals surface area (Å²) in [4.78, 5) is 18.8. The third kappa shape index (κ3) is 3.32. The van der Waals surface area contributed by atoms with Gasteiger partial charge in [0.1, 0.15) is 5.69 Å². The van der Waals surface area contributed by atoms with E-state index < -0.39 is 15.6 Å². The van der Waals surface area contributed by atoms with Crippen LogP contribution in [0.15, 0.2) is 88.9 Å². The predicted octanol–water partition coefficient (Wildman–Crippen LogP) is 3.39. The molecule has 27 heavy (non-hydrogen) atoms. The summed E-state index contributed by atoms with van der Waals surface area (Å²) in [5.74, 6) is 0. The van der Waals surface area contributed by atoms with Gasteiger partial charge in [-0.1, -0.05) is 36.4 Å². The number of anilines is 1. The zero-order valence-electron chi connectivity index (χ0n) is 14.1. The summed E-state index contributed by atoms with van der Waals surface area (Å²) in [6, 6.07) is 17.3. The van der Waals surface area contributed by atoms with E-state index in [1.54, 1.807) is 42.7 Å². The Labute approximate surface area is 155 Å². The Balaban J connectivity index is 1.78. The normalized spacial score (nSPS) is 11.4. The fraction of sp³-hybridized carbons (Fsp3) is 0. The molecule has 2 aromatic heterocycles. The highest BCUT2D eigenvalue weighted by Gasteiger charge is 2.19. The van der Waals surface area contributed by atoms with E-state index in [1.165, 1.54) is 18.3 Å². The molecule has 0 aliphatic rings. The van der Waals surface area contributed by atoms with Crippen molar-refractivity contribution in [3.05, 3.63) is 89.6 Å². The topological polar surface area (TPSA) is 91.9 Å². The number of sulfonamides is 1. The molecule has 0 aliphatic carbocycles. The molecular weight excluding hydrogens is 362 g/mol. The van der Waals surface area contributed by atoms with Crippen molar-refractivity contribution in [3.63, 3.8) is 0 Å². The number of nitrogens with zero attached hydrogens (tertiary/aromatic N) is 1. The van der Waals surface area contributed by atoms with Crippen LogP contribution in [0.2, 0.25) is 0 Å². The summed E-state index contributed by atoms with van der Waals surface area (Å²) in [5, 5.41) is 1.40. The number of benzene rings is 2. The van der Waals surface area contributed by atoms with Crippen LogP contribution in [0.4, 0.5) is 5.69 Å². The Bertz CT molecular complexity index is 1280. The molecule has 0 saturated carbocycles. The molecule has 0 amide bonds. The van der Waals surface area contributed by atoms with Crippen LogP contribution in [0, 0.1) is 0 Å². The van der Waals surface area contributed by atoms with Crippen molar-refractivity contribution in [3.8, 4) is 11.1 Å². The van der Waals surface area contributed by atoms with E-state index in [0.717, 1.165) is 10.9 Å². The smallest absolute Gasteiger partial charge is 0.272 e. The first-order valence-electron chi connectivity index (χ1n) is 8.18. The molecule has 0 spiro atoms. The molecule has 2 heterocycles. The molecule has 0 aliphatic heterocycles. The van der Waals surface area contributed by atoms with Gasteiger partial charge in [0.25, 0.3) is 15.6 Å². The maximum Gasteiger partial charge on any atom is 0.272 e. The van der Waals surface area contributed by atoms with Crippen molar-refractivity contribution in [2.75, 3.05) is 4.72 Å². The van der Waals surface area contributed by atoms with Crippen LogP contribution >= 0.6 is 0 Å². The van der Waals surface area contributed by atoms with Crippen molar-refractivity contribution in [1.29, 1.82) is 0 Å². The Morgan fingerprint density at radius 2 is 1.63 bits per heavy atom. The van der Waals surface area contributed by atoms with Gasteiger partial charge >= 0.3 is 0 Å². The summed E-state index contributed by atoms with van der Waals surface area (Å²) in [5.41, 5.74) is 0.924. The number of aromatic amines is 1. The summed E-state index contributed by atoms with van der Waals surface area (Å²) in [7, 11) is -3.94. The molecule has 6 nitrogen and oxygen atoms in total. The van der Waals surface area contributed by atoms with Gasteiger partial charge in [-0.2, -0.15) is 0 Å². The van der Waals surface area contributed by atoms with Crippen molar-refractivity contribution >= 4 is 26.5 Å². The Kier molecular flexibility index (Phi) is 4.21. The third-order valence-electron chi connectivity index (χ3n) is 4.20. The molecule has 2 aromatic carbocycles. The van der Waals surface area contributed by atoms with Crippen LogP contribution in [0.1, 0.15) is 0 Å². The molecule has 134 valence electrons. The van der Waals surface area contributed by atoms with Gasteiger partial charge in [-0.15, -0.1) is 0 Å². The number of rotatable bonds is 4. The molecule has 2 N–H and O–H groups in total. The van der Waals surface area contributed by atoms with Crippen LogP contribution in [0.5, 0.6) is 0 Å². The Hall–Kier alpha value is -3.45. The highest BCUT2D eigenvalue weighted by molar-refractivity contribution is 7.93. The van der Waals surface area contributed by atoms with Gasteiger partial charge < -0.3 is 4.98 Å². The summed E-state index contributed by atoms with van der Waals surface area (Å²) in [6.45, 7) is 0. The number of H-pyrrole nitrogens is 1. The molecule has 0 radical (unpaired) electrons. The average Bonchev–Trinajstić information content (AvgIpc) is 2.70. The standard InChI is InChI=1S/C20H15N3O3S/c24-20-18(12-16(13-22-20)14-8-10-21-11-9-14)23-27(25,26)19-7-3-5-15-4-1-2-6-17(15)19/h1-13,23H,(H,22,24). The molecule has 4 rings (SSSR count). The van der Waals surface area contributed by atoms with Gasteiger partial charge in [-0.3, -0.25) is 14.5 Å². The van der Waals surface area contributed by atoms with Gasteiger partial charge in [0, 0.05) is 29.5 Å². The number of pyridine rings is 2. The number of hydrogen-bond donors (Lipinski definition) is 2. The summed E-state index contributed by atoms with van der Waals surface area (Å²) < 4.78 is 28.3. The van der Waals surface area contributed by atoms with Crippen LogP contribution in [-0.2, 0) is 10.0 Å². The molecular formula is C20H15N3O3S.